The van der Waals surface area contributed by atoms with Gasteiger partial charge in [-0.2, -0.15) is 0 Å². The van der Waals surface area contributed by atoms with Crippen LogP contribution in [0.25, 0.3) is 0 Å². The van der Waals surface area contributed by atoms with Crippen molar-refractivity contribution in [2.75, 3.05) is 6.54 Å². The average Bonchev–Trinajstić information content (AvgIpc) is 2.47. The predicted octanol–water partition coefficient (Wildman–Crippen LogP) is 1.62. The first-order chi connectivity index (χ1) is 6.09. The largest absolute Gasteiger partial charge is 0.465 e. The molecule has 1 heterocycles. The van der Waals surface area contributed by atoms with E-state index < -0.39 is 0 Å². The Morgan fingerprint density at radius 1 is 1.46 bits per heavy atom. The van der Waals surface area contributed by atoms with E-state index >= 15 is 0 Å². The number of hydrogen-bond acceptors (Lipinski definition) is 3. The second-order valence-electron chi connectivity index (χ2n) is 3.43. The predicted molar refractivity (Wildman–Crippen MR) is 51.5 cm³/mol. The van der Waals surface area contributed by atoms with Gasteiger partial charge < -0.3 is 14.8 Å². The van der Waals surface area contributed by atoms with Gasteiger partial charge in [0, 0.05) is 6.54 Å². The van der Waals surface area contributed by atoms with Crippen LogP contribution in [0.4, 0.5) is 0 Å². The van der Waals surface area contributed by atoms with E-state index in [0.717, 1.165) is 11.5 Å². The molecule has 0 saturated carbocycles. The Balaban J connectivity index is 2.44. The van der Waals surface area contributed by atoms with Crippen molar-refractivity contribution in [3.63, 3.8) is 0 Å². The van der Waals surface area contributed by atoms with E-state index in [9.17, 15) is 0 Å². The molecule has 0 amide bonds. The number of furan rings is 1. The standard InChI is InChI=1S/C10H17NO2/c1-7(12)6-11-9(3)10-5-4-8(2)13-10/h4-5,7,9,11-12H,6H2,1-3H3/t7-,9-/m0/s1. The van der Waals surface area contributed by atoms with E-state index in [0.29, 0.717) is 6.54 Å². The van der Waals surface area contributed by atoms with Gasteiger partial charge in [0.2, 0.25) is 0 Å². The van der Waals surface area contributed by atoms with Crippen LogP contribution in [0.3, 0.4) is 0 Å². The lowest BCUT2D eigenvalue weighted by atomic mass is 10.2. The third-order valence-corrected chi connectivity index (χ3v) is 1.91. The number of nitrogens with one attached hydrogen (secondary N) is 1. The van der Waals surface area contributed by atoms with E-state index in [4.69, 9.17) is 9.52 Å². The van der Waals surface area contributed by atoms with Crippen LogP contribution in [-0.4, -0.2) is 17.8 Å². The molecule has 2 atom stereocenters. The molecule has 74 valence electrons. The normalized spacial score (nSPS) is 15.7. The molecule has 2 N–H and O–H groups in total. The molecule has 0 spiro atoms. The summed E-state index contributed by atoms with van der Waals surface area (Å²) in [5.41, 5.74) is 0. The molecule has 0 aliphatic carbocycles. The summed E-state index contributed by atoms with van der Waals surface area (Å²) in [6, 6.07) is 4.05. The van der Waals surface area contributed by atoms with Crippen LogP contribution in [0.15, 0.2) is 16.5 Å². The van der Waals surface area contributed by atoms with E-state index in [-0.39, 0.29) is 12.1 Å². The van der Waals surface area contributed by atoms with Crippen LogP contribution in [0, 0.1) is 6.92 Å². The summed E-state index contributed by atoms with van der Waals surface area (Å²) in [6.45, 7) is 6.28. The highest BCUT2D eigenvalue weighted by atomic mass is 16.3. The maximum absolute atomic E-state index is 9.06. The Morgan fingerprint density at radius 3 is 2.62 bits per heavy atom. The number of aliphatic hydroxyl groups is 1. The van der Waals surface area contributed by atoms with Crippen LogP contribution in [0.5, 0.6) is 0 Å². The van der Waals surface area contributed by atoms with E-state index in [1.165, 1.54) is 0 Å². The summed E-state index contributed by atoms with van der Waals surface area (Å²) >= 11 is 0. The Labute approximate surface area is 78.8 Å². The second kappa shape index (κ2) is 4.44. The van der Waals surface area contributed by atoms with Gasteiger partial charge in [0.25, 0.3) is 0 Å². The molecule has 0 aliphatic heterocycles. The number of hydrogen-bond donors (Lipinski definition) is 2. The fourth-order valence-corrected chi connectivity index (χ4v) is 1.13. The fraction of sp³-hybridized carbons (Fsp3) is 0.600. The first-order valence-electron chi connectivity index (χ1n) is 4.57. The first-order valence-corrected chi connectivity index (χ1v) is 4.57. The van der Waals surface area contributed by atoms with Crippen molar-refractivity contribution in [1.29, 1.82) is 0 Å². The molecule has 0 radical (unpaired) electrons. The lowest BCUT2D eigenvalue weighted by Gasteiger charge is -2.12. The number of aliphatic hydroxyl groups excluding tert-OH is 1. The van der Waals surface area contributed by atoms with Crippen LogP contribution >= 0.6 is 0 Å². The fourth-order valence-electron chi connectivity index (χ4n) is 1.13. The molecule has 3 heteroatoms. The van der Waals surface area contributed by atoms with Gasteiger partial charge in [-0.3, -0.25) is 0 Å². The Bertz CT molecular complexity index is 255. The van der Waals surface area contributed by atoms with E-state index in [1.54, 1.807) is 6.92 Å². The zero-order valence-corrected chi connectivity index (χ0v) is 8.37. The lowest BCUT2D eigenvalue weighted by Crippen LogP contribution is -2.26. The third-order valence-electron chi connectivity index (χ3n) is 1.91. The monoisotopic (exact) mass is 183 g/mol. The minimum absolute atomic E-state index is 0.156. The molecule has 13 heavy (non-hydrogen) atoms. The molecule has 0 saturated heterocycles. The minimum Gasteiger partial charge on any atom is -0.465 e. The smallest absolute Gasteiger partial charge is 0.120 e. The SMILES string of the molecule is Cc1ccc([C@H](C)NC[C@H](C)O)o1. The van der Waals surface area contributed by atoms with Gasteiger partial charge in [-0.05, 0) is 32.9 Å². The quantitative estimate of drug-likeness (QED) is 0.745. The van der Waals surface area contributed by atoms with Gasteiger partial charge in [0.1, 0.15) is 11.5 Å². The molecule has 1 aromatic rings. The van der Waals surface area contributed by atoms with Gasteiger partial charge in [-0.15, -0.1) is 0 Å². The molecular weight excluding hydrogens is 166 g/mol. The summed E-state index contributed by atoms with van der Waals surface area (Å²) in [5.74, 6) is 1.83. The molecule has 1 aromatic heterocycles. The van der Waals surface area contributed by atoms with Crippen LogP contribution in [0.2, 0.25) is 0 Å². The molecule has 0 bridgehead atoms. The summed E-state index contributed by atoms with van der Waals surface area (Å²) in [4.78, 5) is 0. The van der Waals surface area contributed by atoms with Crippen molar-refractivity contribution >= 4 is 0 Å². The second-order valence-corrected chi connectivity index (χ2v) is 3.43. The Kier molecular flexibility index (Phi) is 3.51. The van der Waals surface area contributed by atoms with Crippen molar-refractivity contribution in [3.8, 4) is 0 Å². The average molecular weight is 183 g/mol. The zero-order valence-electron chi connectivity index (χ0n) is 8.37. The minimum atomic E-state index is -0.321. The van der Waals surface area contributed by atoms with Crippen LogP contribution < -0.4 is 5.32 Å². The van der Waals surface area contributed by atoms with Crippen LogP contribution in [-0.2, 0) is 0 Å². The Hall–Kier alpha value is -0.800. The highest BCUT2D eigenvalue weighted by molar-refractivity contribution is 5.08. The van der Waals surface area contributed by atoms with E-state index in [2.05, 4.69) is 5.32 Å². The summed E-state index contributed by atoms with van der Waals surface area (Å²) in [7, 11) is 0. The van der Waals surface area contributed by atoms with E-state index in [1.807, 2.05) is 26.0 Å². The van der Waals surface area contributed by atoms with Gasteiger partial charge >= 0.3 is 0 Å². The highest BCUT2D eigenvalue weighted by Crippen LogP contribution is 2.14. The van der Waals surface area contributed by atoms with Crippen LogP contribution in [0.1, 0.15) is 31.4 Å². The summed E-state index contributed by atoms with van der Waals surface area (Å²) < 4.78 is 5.43. The van der Waals surface area contributed by atoms with Gasteiger partial charge in [0.15, 0.2) is 0 Å². The summed E-state index contributed by atoms with van der Waals surface area (Å²) in [6.07, 6.45) is -0.321. The van der Waals surface area contributed by atoms with Crippen molar-refractivity contribution in [1.82, 2.24) is 5.32 Å². The Morgan fingerprint density at radius 2 is 2.15 bits per heavy atom. The number of rotatable bonds is 4. The molecule has 0 unspecified atom stereocenters. The van der Waals surface area contributed by atoms with Gasteiger partial charge in [-0.25, -0.2) is 0 Å². The van der Waals surface area contributed by atoms with Gasteiger partial charge in [-0.1, -0.05) is 0 Å². The zero-order chi connectivity index (χ0) is 9.84. The van der Waals surface area contributed by atoms with Crippen molar-refractivity contribution in [2.24, 2.45) is 0 Å². The molecule has 1 rings (SSSR count). The molecule has 3 nitrogen and oxygen atoms in total. The maximum atomic E-state index is 9.06. The first kappa shape index (κ1) is 10.3. The van der Waals surface area contributed by atoms with Crippen molar-refractivity contribution in [3.05, 3.63) is 23.7 Å². The highest BCUT2D eigenvalue weighted by Gasteiger charge is 2.08. The number of aryl methyl sites for hydroxylation is 1. The molecule has 0 aliphatic rings. The summed E-state index contributed by atoms with van der Waals surface area (Å²) in [5, 5.41) is 12.2. The van der Waals surface area contributed by atoms with Gasteiger partial charge in [0.05, 0.1) is 12.1 Å². The van der Waals surface area contributed by atoms with Crippen molar-refractivity contribution in [2.45, 2.75) is 32.9 Å². The topological polar surface area (TPSA) is 45.4 Å². The third kappa shape index (κ3) is 3.20. The molecular formula is C10H17NO2. The molecule has 0 fully saturated rings. The van der Waals surface area contributed by atoms with Crippen molar-refractivity contribution < 1.29 is 9.52 Å². The lowest BCUT2D eigenvalue weighted by molar-refractivity contribution is 0.185. The maximum Gasteiger partial charge on any atom is 0.120 e. The molecule has 0 aromatic carbocycles.